The van der Waals surface area contributed by atoms with E-state index >= 15 is 0 Å². The largest absolute Gasteiger partial charge is 0.501 e. The number of rotatable bonds is 5. The van der Waals surface area contributed by atoms with Crippen molar-refractivity contribution < 1.29 is 4.74 Å². The number of hydrogen-bond acceptors (Lipinski definition) is 1. The first-order valence-electron chi connectivity index (χ1n) is 5.28. The minimum Gasteiger partial charge on any atom is -0.501 e. The fourth-order valence-electron chi connectivity index (χ4n) is 1.31. The van der Waals surface area contributed by atoms with Crippen LogP contribution in [0.2, 0.25) is 0 Å². The lowest BCUT2D eigenvalue weighted by molar-refractivity contribution is 0.251. The third kappa shape index (κ3) is 5.06. The third-order valence-corrected chi connectivity index (χ3v) is 2.05. The lowest BCUT2D eigenvalue weighted by Gasteiger charge is -2.01. The molecule has 0 aliphatic carbocycles. The van der Waals surface area contributed by atoms with E-state index in [1.165, 1.54) is 5.56 Å². The van der Waals surface area contributed by atoms with Crippen LogP contribution in [0.4, 0.5) is 0 Å². The van der Waals surface area contributed by atoms with Gasteiger partial charge in [0.05, 0.1) is 12.9 Å². The monoisotopic (exact) mass is 202 g/mol. The first-order chi connectivity index (χ1) is 7.33. The Kier molecular flexibility index (Phi) is 5.31. The van der Waals surface area contributed by atoms with Gasteiger partial charge in [0.1, 0.15) is 0 Å². The molecule has 0 aromatic heterocycles. The van der Waals surface area contributed by atoms with Crippen LogP contribution < -0.4 is 0 Å². The van der Waals surface area contributed by atoms with Crippen LogP contribution in [-0.2, 0) is 11.2 Å². The molecule has 0 aliphatic rings. The van der Waals surface area contributed by atoms with Crippen molar-refractivity contribution in [2.45, 2.75) is 20.3 Å². The molecule has 0 saturated carbocycles. The van der Waals surface area contributed by atoms with E-state index in [4.69, 9.17) is 4.74 Å². The zero-order valence-corrected chi connectivity index (χ0v) is 9.44. The topological polar surface area (TPSA) is 9.23 Å². The molecule has 0 fully saturated rings. The summed E-state index contributed by atoms with van der Waals surface area (Å²) >= 11 is 0. The molecule has 0 spiro atoms. The average Bonchev–Trinajstić information content (AvgIpc) is 2.26. The quantitative estimate of drug-likeness (QED) is 0.401. The Morgan fingerprint density at radius 1 is 1.27 bits per heavy atom. The molecule has 0 N–H and O–H groups in total. The van der Waals surface area contributed by atoms with Crippen LogP contribution in [0.3, 0.4) is 0 Å². The van der Waals surface area contributed by atoms with Gasteiger partial charge in [-0.25, -0.2) is 0 Å². The molecule has 15 heavy (non-hydrogen) atoms. The predicted octanol–water partition coefficient (Wildman–Crippen LogP) is 3.73. The van der Waals surface area contributed by atoms with Crippen LogP contribution in [0.5, 0.6) is 0 Å². The molecule has 80 valence electrons. The molecule has 1 aromatic rings. The highest BCUT2D eigenvalue weighted by atomic mass is 16.5. The van der Waals surface area contributed by atoms with E-state index in [1.54, 1.807) is 0 Å². The fraction of sp³-hybridized carbons (Fsp3) is 0.286. The van der Waals surface area contributed by atoms with Gasteiger partial charge in [0.25, 0.3) is 0 Å². The van der Waals surface area contributed by atoms with Crippen molar-refractivity contribution in [3.63, 3.8) is 0 Å². The first-order valence-corrected chi connectivity index (χ1v) is 5.28. The van der Waals surface area contributed by atoms with Crippen LogP contribution in [0.1, 0.15) is 19.4 Å². The highest BCUT2D eigenvalue weighted by Gasteiger charge is 1.90. The van der Waals surface area contributed by atoms with Crippen molar-refractivity contribution in [3.8, 4) is 0 Å². The minimum absolute atomic E-state index is 0.735. The molecule has 0 amide bonds. The summed E-state index contributed by atoms with van der Waals surface area (Å²) in [5.41, 5.74) is 2.46. The standard InChI is InChI=1S/C14H18O/c1-3-7-13(2)12-15-11-10-14-8-5-4-6-9-14/h3-9,12H,10-11H2,1-2H3. The van der Waals surface area contributed by atoms with Gasteiger partial charge in [-0.05, 0) is 25.0 Å². The second-order valence-corrected chi connectivity index (χ2v) is 3.47. The lowest BCUT2D eigenvalue weighted by atomic mass is 10.2. The Bertz CT molecular complexity index is 322. The van der Waals surface area contributed by atoms with E-state index in [-0.39, 0.29) is 0 Å². The van der Waals surface area contributed by atoms with Gasteiger partial charge in [-0.15, -0.1) is 0 Å². The van der Waals surface area contributed by atoms with E-state index in [1.807, 2.05) is 38.3 Å². The van der Waals surface area contributed by atoms with Crippen LogP contribution in [0.25, 0.3) is 0 Å². The van der Waals surface area contributed by atoms with E-state index in [2.05, 4.69) is 24.3 Å². The maximum absolute atomic E-state index is 5.44. The van der Waals surface area contributed by atoms with E-state index < -0.39 is 0 Å². The van der Waals surface area contributed by atoms with Gasteiger partial charge in [0.2, 0.25) is 0 Å². The Hall–Kier alpha value is -1.50. The van der Waals surface area contributed by atoms with Crippen molar-refractivity contribution in [2.75, 3.05) is 6.61 Å². The van der Waals surface area contributed by atoms with Crippen molar-refractivity contribution in [2.24, 2.45) is 0 Å². The van der Waals surface area contributed by atoms with E-state index in [0.29, 0.717) is 0 Å². The Morgan fingerprint density at radius 3 is 2.67 bits per heavy atom. The number of benzene rings is 1. The van der Waals surface area contributed by atoms with Gasteiger partial charge in [0.15, 0.2) is 0 Å². The van der Waals surface area contributed by atoms with Gasteiger partial charge in [-0.3, -0.25) is 0 Å². The molecule has 1 heteroatoms. The molecule has 0 bridgehead atoms. The summed E-state index contributed by atoms with van der Waals surface area (Å²) in [6, 6.07) is 10.4. The summed E-state index contributed by atoms with van der Waals surface area (Å²) in [7, 11) is 0. The summed E-state index contributed by atoms with van der Waals surface area (Å²) in [5.74, 6) is 0. The molecule has 1 rings (SSSR count). The molecular formula is C14H18O. The lowest BCUT2D eigenvalue weighted by Crippen LogP contribution is -1.93. The van der Waals surface area contributed by atoms with Crippen molar-refractivity contribution in [1.29, 1.82) is 0 Å². The van der Waals surface area contributed by atoms with Gasteiger partial charge in [-0.2, -0.15) is 0 Å². The van der Waals surface area contributed by atoms with Gasteiger partial charge in [-0.1, -0.05) is 42.5 Å². The van der Waals surface area contributed by atoms with Gasteiger partial charge >= 0.3 is 0 Å². The average molecular weight is 202 g/mol. The van der Waals surface area contributed by atoms with Crippen molar-refractivity contribution in [1.82, 2.24) is 0 Å². The second kappa shape index (κ2) is 6.88. The fourth-order valence-corrected chi connectivity index (χ4v) is 1.31. The molecule has 0 heterocycles. The maximum Gasteiger partial charge on any atom is 0.0913 e. The normalized spacial score (nSPS) is 12.0. The highest BCUT2D eigenvalue weighted by molar-refractivity contribution is 5.15. The minimum atomic E-state index is 0.735. The zero-order valence-electron chi connectivity index (χ0n) is 9.44. The number of hydrogen-bond donors (Lipinski definition) is 0. The Labute approximate surface area is 92.1 Å². The molecule has 0 radical (unpaired) electrons. The molecule has 0 unspecified atom stereocenters. The molecule has 0 saturated heterocycles. The van der Waals surface area contributed by atoms with E-state index in [9.17, 15) is 0 Å². The molecule has 0 aliphatic heterocycles. The maximum atomic E-state index is 5.44. The van der Waals surface area contributed by atoms with Crippen LogP contribution >= 0.6 is 0 Å². The zero-order chi connectivity index (χ0) is 10.9. The van der Waals surface area contributed by atoms with Crippen LogP contribution in [0.15, 0.2) is 54.3 Å². The third-order valence-electron chi connectivity index (χ3n) is 2.05. The van der Waals surface area contributed by atoms with Crippen LogP contribution in [0, 0.1) is 0 Å². The summed E-state index contributed by atoms with van der Waals surface area (Å²) in [6.07, 6.45) is 6.80. The smallest absolute Gasteiger partial charge is 0.0913 e. The predicted molar refractivity (Wildman–Crippen MR) is 64.7 cm³/mol. The second-order valence-electron chi connectivity index (χ2n) is 3.47. The van der Waals surface area contributed by atoms with Gasteiger partial charge in [0, 0.05) is 6.42 Å². The molecule has 0 atom stereocenters. The Morgan fingerprint density at radius 2 is 2.00 bits per heavy atom. The van der Waals surface area contributed by atoms with Crippen LogP contribution in [-0.4, -0.2) is 6.61 Å². The Balaban J connectivity index is 2.25. The van der Waals surface area contributed by atoms with Gasteiger partial charge < -0.3 is 4.74 Å². The highest BCUT2D eigenvalue weighted by Crippen LogP contribution is 2.01. The van der Waals surface area contributed by atoms with Crippen molar-refractivity contribution >= 4 is 0 Å². The number of allylic oxidation sites excluding steroid dienone is 3. The summed E-state index contributed by atoms with van der Waals surface area (Å²) in [4.78, 5) is 0. The molecule has 1 aromatic carbocycles. The number of ether oxygens (including phenoxy) is 1. The summed E-state index contributed by atoms with van der Waals surface area (Å²) in [6.45, 7) is 4.77. The van der Waals surface area contributed by atoms with E-state index in [0.717, 1.165) is 18.6 Å². The molecular weight excluding hydrogens is 184 g/mol. The summed E-state index contributed by atoms with van der Waals surface area (Å²) < 4.78 is 5.44. The molecule has 1 nitrogen and oxygen atoms in total. The first kappa shape index (κ1) is 11.6. The summed E-state index contributed by atoms with van der Waals surface area (Å²) in [5, 5.41) is 0. The SMILES string of the molecule is CC=CC(C)=COCCc1ccccc1. The van der Waals surface area contributed by atoms with Crippen molar-refractivity contribution in [3.05, 3.63) is 59.9 Å².